The van der Waals surface area contributed by atoms with Crippen molar-refractivity contribution in [3.8, 4) is 0 Å². The van der Waals surface area contributed by atoms with E-state index in [-0.39, 0.29) is 22.8 Å². The lowest BCUT2D eigenvalue weighted by Crippen LogP contribution is -2.14. The van der Waals surface area contributed by atoms with Gasteiger partial charge in [-0.2, -0.15) is 0 Å². The molecule has 1 N–H and O–H groups in total. The molecule has 0 fully saturated rings. The Morgan fingerprint density at radius 3 is 2.75 bits per heavy atom. The van der Waals surface area contributed by atoms with Crippen molar-refractivity contribution in [2.45, 2.75) is 19.1 Å². The predicted octanol–water partition coefficient (Wildman–Crippen LogP) is 0.500. The second-order valence-corrected chi connectivity index (χ2v) is 5.46. The number of aromatic nitrogens is 2. The van der Waals surface area contributed by atoms with Gasteiger partial charge in [-0.3, -0.25) is 0 Å². The maximum atomic E-state index is 11.5. The summed E-state index contributed by atoms with van der Waals surface area (Å²) in [4.78, 5) is 18.0. The molecule has 6 nitrogen and oxygen atoms in total. The maximum absolute atomic E-state index is 11.5. The number of carbonyl (C=O) groups is 1. The third-order valence-corrected chi connectivity index (χ3v) is 3.64. The van der Waals surface area contributed by atoms with Crippen LogP contribution < -0.4 is 0 Å². The Balaban J connectivity index is 3.02. The van der Waals surface area contributed by atoms with Gasteiger partial charge in [-0.25, -0.2) is 23.2 Å². The van der Waals surface area contributed by atoms with Crippen molar-refractivity contribution in [2.24, 2.45) is 0 Å². The van der Waals surface area contributed by atoms with Crippen LogP contribution in [0.1, 0.15) is 29.4 Å². The van der Waals surface area contributed by atoms with Crippen LogP contribution in [-0.4, -0.2) is 35.2 Å². The highest BCUT2D eigenvalue weighted by Gasteiger charge is 2.18. The highest BCUT2D eigenvalue weighted by molar-refractivity contribution is 7.90. The molecule has 7 heteroatoms. The quantitative estimate of drug-likeness (QED) is 0.810. The molecule has 0 bridgehead atoms. The minimum atomic E-state index is -3.29. The first kappa shape index (κ1) is 12.6. The van der Waals surface area contributed by atoms with Crippen LogP contribution in [0.4, 0.5) is 0 Å². The molecule has 0 saturated carbocycles. The van der Waals surface area contributed by atoms with E-state index in [0.717, 1.165) is 12.5 Å². The molecule has 0 aromatic carbocycles. The molecule has 88 valence electrons. The van der Waals surface area contributed by atoms with E-state index in [0.29, 0.717) is 6.42 Å². The van der Waals surface area contributed by atoms with Crippen molar-refractivity contribution in [2.75, 3.05) is 5.75 Å². The van der Waals surface area contributed by atoms with Gasteiger partial charge >= 0.3 is 5.97 Å². The molecule has 0 atom stereocenters. The Bertz CT molecular complexity index is 484. The molecular formula is C9H12N2O4S. The summed E-state index contributed by atoms with van der Waals surface area (Å²) < 4.78 is 23.0. The second kappa shape index (κ2) is 5.02. The van der Waals surface area contributed by atoms with Gasteiger partial charge in [0.25, 0.3) is 0 Å². The van der Waals surface area contributed by atoms with Gasteiger partial charge < -0.3 is 5.11 Å². The van der Waals surface area contributed by atoms with Crippen molar-refractivity contribution in [1.82, 2.24) is 9.97 Å². The number of aromatic carboxylic acids is 1. The molecule has 0 aliphatic heterocycles. The SMILES string of the molecule is CCCS(=O)(=O)Cc1ncncc1C(=O)O. The van der Waals surface area contributed by atoms with E-state index in [9.17, 15) is 13.2 Å². The molecular weight excluding hydrogens is 232 g/mol. The fraction of sp³-hybridized carbons (Fsp3) is 0.444. The minimum Gasteiger partial charge on any atom is -0.478 e. The molecule has 0 aliphatic carbocycles. The van der Waals surface area contributed by atoms with E-state index < -0.39 is 15.8 Å². The van der Waals surface area contributed by atoms with Gasteiger partial charge in [0.2, 0.25) is 0 Å². The first-order valence-corrected chi connectivity index (χ1v) is 6.51. The molecule has 0 aliphatic rings. The Labute approximate surface area is 93.3 Å². The van der Waals surface area contributed by atoms with Crippen molar-refractivity contribution < 1.29 is 18.3 Å². The third-order valence-electron chi connectivity index (χ3n) is 1.90. The number of rotatable bonds is 5. The van der Waals surface area contributed by atoms with Crippen LogP contribution in [0.2, 0.25) is 0 Å². The maximum Gasteiger partial charge on any atom is 0.339 e. The zero-order chi connectivity index (χ0) is 12.2. The molecule has 1 heterocycles. The Hall–Kier alpha value is -1.50. The highest BCUT2D eigenvalue weighted by atomic mass is 32.2. The van der Waals surface area contributed by atoms with Gasteiger partial charge in [-0.1, -0.05) is 6.92 Å². The number of sulfone groups is 1. The monoisotopic (exact) mass is 244 g/mol. The van der Waals surface area contributed by atoms with E-state index >= 15 is 0 Å². The Kier molecular flexibility index (Phi) is 3.94. The van der Waals surface area contributed by atoms with Gasteiger partial charge in [-0.05, 0) is 6.42 Å². The van der Waals surface area contributed by atoms with Crippen LogP contribution in [-0.2, 0) is 15.6 Å². The van der Waals surface area contributed by atoms with Gasteiger partial charge in [0.05, 0.1) is 17.2 Å². The second-order valence-electron chi connectivity index (χ2n) is 3.28. The van der Waals surface area contributed by atoms with E-state index in [1.807, 2.05) is 0 Å². The molecule has 0 spiro atoms. The van der Waals surface area contributed by atoms with Crippen molar-refractivity contribution >= 4 is 15.8 Å². The van der Waals surface area contributed by atoms with Crippen LogP contribution in [0.3, 0.4) is 0 Å². The Morgan fingerprint density at radius 2 is 2.19 bits per heavy atom. The predicted molar refractivity (Wildman–Crippen MR) is 56.8 cm³/mol. The van der Waals surface area contributed by atoms with Gasteiger partial charge in [0.1, 0.15) is 11.9 Å². The standard InChI is InChI=1S/C9H12N2O4S/c1-2-3-16(14,15)5-8-7(9(12)13)4-10-6-11-8/h4,6H,2-3,5H2,1H3,(H,12,13). The van der Waals surface area contributed by atoms with Crippen LogP contribution >= 0.6 is 0 Å². The minimum absolute atomic E-state index is 0.0239. The molecule has 0 saturated heterocycles. The molecule has 1 aromatic rings. The van der Waals surface area contributed by atoms with Crippen LogP contribution in [0.5, 0.6) is 0 Å². The molecule has 0 unspecified atom stereocenters. The lowest BCUT2D eigenvalue weighted by atomic mass is 10.2. The first-order valence-electron chi connectivity index (χ1n) is 4.69. The number of nitrogens with zero attached hydrogens (tertiary/aromatic N) is 2. The zero-order valence-corrected chi connectivity index (χ0v) is 9.57. The summed E-state index contributed by atoms with van der Waals surface area (Å²) in [5.74, 6) is -1.55. The summed E-state index contributed by atoms with van der Waals surface area (Å²) in [6.45, 7) is 1.75. The summed E-state index contributed by atoms with van der Waals surface area (Å²) >= 11 is 0. The van der Waals surface area contributed by atoms with Gasteiger partial charge in [0.15, 0.2) is 9.84 Å². The molecule has 1 aromatic heterocycles. The average molecular weight is 244 g/mol. The summed E-state index contributed by atoms with van der Waals surface area (Å²) in [5.41, 5.74) is -0.127. The van der Waals surface area contributed by atoms with Gasteiger partial charge in [-0.15, -0.1) is 0 Å². The molecule has 0 radical (unpaired) electrons. The van der Waals surface area contributed by atoms with E-state index in [2.05, 4.69) is 9.97 Å². The van der Waals surface area contributed by atoms with Crippen LogP contribution in [0.15, 0.2) is 12.5 Å². The number of hydrogen-bond donors (Lipinski definition) is 1. The first-order chi connectivity index (χ1) is 7.46. The highest BCUT2D eigenvalue weighted by Crippen LogP contribution is 2.09. The third kappa shape index (κ3) is 3.27. The molecule has 16 heavy (non-hydrogen) atoms. The number of carboxylic acids is 1. The fourth-order valence-corrected chi connectivity index (χ4v) is 2.65. The van der Waals surface area contributed by atoms with E-state index in [1.54, 1.807) is 6.92 Å². The van der Waals surface area contributed by atoms with E-state index in [4.69, 9.17) is 5.11 Å². The summed E-state index contributed by atoms with van der Waals surface area (Å²) in [6.07, 6.45) is 2.74. The molecule has 1 rings (SSSR count). The topological polar surface area (TPSA) is 97.2 Å². The summed E-state index contributed by atoms with van der Waals surface area (Å²) in [7, 11) is -3.29. The number of carboxylic acid groups (broad SMARTS) is 1. The normalized spacial score (nSPS) is 11.3. The summed E-state index contributed by atoms with van der Waals surface area (Å²) in [5, 5.41) is 8.82. The zero-order valence-electron chi connectivity index (χ0n) is 8.75. The fourth-order valence-electron chi connectivity index (χ4n) is 1.24. The van der Waals surface area contributed by atoms with Crippen molar-refractivity contribution in [3.05, 3.63) is 23.8 Å². The van der Waals surface area contributed by atoms with Crippen LogP contribution in [0, 0.1) is 0 Å². The summed E-state index contributed by atoms with van der Waals surface area (Å²) in [6, 6.07) is 0. The van der Waals surface area contributed by atoms with Crippen LogP contribution in [0.25, 0.3) is 0 Å². The lowest BCUT2D eigenvalue weighted by Gasteiger charge is -2.04. The van der Waals surface area contributed by atoms with Gasteiger partial charge in [0, 0.05) is 6.20 Å². The number of hydrogen-bond acceptors (Lipinski definition) is 5. The average Bonchev–Trinajstić information content (AvgIpc) is 2.17. The van der Waals surface area contributed by atoms with Crippen molar-refractivity contribution in [1.29, 1.82) is 0 Å². The molecule has 0 amide bonds. The largest absolute Gasteiger partial charge is 0.478 e. The van der Waals surface area contributed by atoms with Crippen molar-refractivity contribution in [3.63, 3.8) is 0 Å². The smallest absolute Gasteiger partial charge is 0.339 e. The van der Waals surface area contributed by atoms with E-state index in [1.165, 1.54) is 0 Å². The Morgan fingerprint density at radius 1 is 1.50 bits per heavy atom. The lowest BCUT2D eigenvalue weighted by molar-refractivity contribution is 0.0695.